The first-order chi connectivity index (χ1) is 16.7. The van der Waals surface area contributed by atoms with E-state index in [2.05, 4.69) is 21.7 Å². The van der Waals surface area contributed by atoms with E-state index in [-0.39, 0.29) is 11.7 Å². The molecule has 2 heterocycles. The summed E-state index contributed by atoms with van der Waals surface area (Å²) in [5, 5.41) is 8.57. The third-order valence-corrected chi connectivity index (χ3v) is 6.04. The minimum Gasteiger partial charge on any atom is -0.460 e. The first kappa shape index (κ1) is 21.9. The molecular formula is C28H26FN3O2. The number of H-pyrrole nitrogens is 1. The number of para-hydroxylation sites is 2. The molecule has 5 nitrogen and oxygen atoms in total. The second-order valence-corrected chi connectivity index (χ2v) is 8.42. The van der Waals surface area contributed by atoms with Crippen LogP contribution in [0.15, 0.2) is 89.5 Å². The van der Waals surface area contributed by atoms with Gasteiger partial charge in [-0.05, 0) is 54.3 Å². The standard InChI is InChI=1S/C28H26FN3O2/c29-22-11-9-19(10-12-22)13-14-30-28(33)26(16-21-17-31-25-7-3-2-6-24(21)25)32-18-23-15-20-5-1-4-8-27(20)34-23/h1-12,15,17,26,31-32H,13-14,16,18H2,(H,30,33). The van der Waals surface area contributed by atoms with Crippen molar-refractivity contribution in [2.45, 2.75) is 25.4 Å². The molecule has 1 amide bonds. The van der Waals surface area contributed by atoms with Crippen LogP contribution in [0.1, 0.15) is 16.9 Å². The molecule has 0 radical (unpaired) electrons. The lowest BCUT2D eigenvalue weighted by Crippen LogP contribution is -2.45. The number of furan rings is 1. The fourth-order valence-electron chi connectivity index (χ4n) is 4.23. The van der Waals surface area contributed by atoms with Crippen molar-refractivity contribution in [2.24, 2.45) is 0 Å². The number of fused-ring (bicyclic) bond motifs is 2. The molecule has 0 aliphatic heterocycles. The number of hydrogen-bond acceptors (Lipinski definition) is 3. The lowest BCUT2D eigenvalue weighted by molar-refractivity contribution is -0.123. The van der Waals surface area contributed by atoms with Gasteiger partial charge in [-0.25, -0.2) is 4.39 Å². The molecule has 3 aromatic carbocycles. The van der Waals surface area contributed by atoms with E-state index in [4.69, 9.17) is 4.42 Å². The van der Waals surface area contributed by atoms with Gasteiger partial charge in [0.15, 0.2) is 0 Å². The number of nitrogens with one attached hydrogen (secondary N) is 3. The highest BCUT2D eigenvalue weighted by atomic mass is 19.1. The lowest BCUT2D eigenvalue weighted by Gasteiger charge is -2.18. The van der Waals surface area contributed by atoms with Crippen LogP contribution in [-0.2, 0) is 24.2 Å². The van der Waals surface area contributed by atoms with Crippen LogP contribution < -0.4 is 10.6 Å². The van der Waals surface area contributed by atoms with Gasteiger partial charge in [0.25, 0.3) is 0 Å². The van der Waals surface area contributed by atoms with Crippen LogP contribution in [0.5, 0.6) is 0 Å². The van der Waals surface area contributed by atoms with Crippen LogP contribution in [0.3, 0.4) is 0 Å². The predicted molar refractivity (Wildman–Crippen MR) is 132 cm³/mol. The minimum absolute atomic E-state index is 0.0801. The Balaban J connectivity index is 1.28. The van der Waals surface area contributed by atoms with E-state index >= 15 is 0 Å². The third kappa shape index (κ3) is 5.02. The van der Waals surface area contributed by atoms with Gasteiger partial charge in [-0.2, -0.15) is 0 Å². The van der Waals surface area contributed by atoms with Crippen molar-refractivity contribution in [3.8, 4) is 0 Å². The maximum atomic E-state index is 13.2. The van der Waals surface area contributed by atoms with Gasteiger partial charge in [0.1, 0.15) is 17.2 Å². The summed E-state index contributed by atoms with van der Waals surface area (Å²) < 4.78 is 19.1. The Kier molecular flexibility index (Phi) is 6.40. The Labute approximate surface area is 197 Å². The van der Waals surface area contributed by atoms with Gasteiger partial charge in [0.05, 0.1) is 12.6 Å². The minimum atomic E-state index is -0.444. The number of hydrogen-bond donors (Lipinski definition) is 3. The highest BCUT2D eigenvalue weighted by Crippen LogP contribution is 2.21. The summed E-state index contributed by atoms with van der Waals surface area (Å²) in [7, 11) is 0. The molecule has 0 saturated carbocycles. The average Bonchev–Trinajstić information content (AvgIpc) is 3.46. The number of benzene rings is 3. The highest BCUT2D eigenvalue weighted by molar-refractivity contribution is 5.86. The zero-order valence-corrected chi connectivity index (χ0v) is 18.7. The molecule has 6 heteroatoms. The molecule has 0 aliphatic rings. The summed E-state index contributed by atoms with van der Waals surface area (Å²) in [6, 6.07) is 23.8. The van der Waals surface area contributed by atoms with E-state index in [1.165, 1.54) is 12.1 Å². The summed E-state index contributed by atoms with van der Waals surface area (Å²) in [6.45, 7) is 0.911. The number of carbonyl (C=O) groups excluding carboxylic acids is 1. The van der Waals surface area contributed by atoms with Crippen LogP contribution in [0.2, 0.25) is 0 Å². The zero-order chi connectivity index (χ0) is 23.3. The van der Waals surface area contributed by atoms with Gasteiger partial charge < -0.3 is 14.7 Å². The SMILES string of the molecule is O=C(NCCc1ccc(F)cc1)C(Cc1c[nH]c2ccccc12)NCc1cc2ccccc2o1. The second kappa shape index (κ2) is 9.93. The van der Waals surface area contributed by atoms with Crippen molar-refractivity contribution in [3.63, 3.8) is 0 Å². The maximum absolute atomic E-state index is 13.2. The Morgan fingerprint density at radius 2 is 1.79 bits per heavy atom. The van der Waals surface area contributed by atoms with Gasteiger partial charge >= 0.3 is 0 Å². The molecule has 172 valence electrons. The molecule has 1 unspecified atom stereocenters. The summed E-state index contributed by atoms with van der Waals surface area (Å²) in [6.07, 6.45) is 3.13. The van der Waals surface area contributed by atoms with Gasteiger partial charge in [-0.15, -0.1) is 0 Å². The zero-order valence-electron chi connectivity index (χ0n) is 18.7. The molecular weight excluding hydrogens is 429 g/mol. The molecule has 0 spiro atoms. The smallest absolute Gasteiger partial charge is 0.237 e. The monoisotopic (exact) mass is 455 g/mol. The second-order valence-electron chi connectivity index (χ2n) is 8.42. The van der Waals surface area contributed by atoms with E-state index in [1.807, 2.05) is 54.7 Å². The quantitative estimate of drug-likeness (QED) is 0.289. The number of aromatic nitrogens is 1. The average molecular weight is 456 g/mol. The number of rotatable bonds is 9. The summed E-state index contributed by atoms with van der Waals surface area (Å²) in [5.41, 5.74) is 3.93. The largest absolute Gasteiger partial charge is 0.460 e. The van der Waals surface area contributed by atoms with Crippen LogP contribution in [0, 0.1) is 5.82 Å². The fourth-order valence-corrected chi connectivity index (χ4v) is 4.23. The first-order valence-electron chi connectivity index (χ1n) is 11.4. The van der Waals surface area contributed by atoms with Crippen LogP contribution in [0.25, 0.3) is 21.9 Å². The molecule has 0 fully saturated rings. The third-order valence-electron chi connectivity index (χ3n) is 6.04. The Morgan fingerprint density at radius 1 is 1.00 bits per heavy atom. The van der Waals surface area contributed by atoms with Crippen LogP contribution in [-0.4, -0.2) is 23.5 Å². The van der Waals surface area contributed by atoms with Crippen molar-refractivity contribution in [3.05, 3.63) is 108 Å². The molecule has 1 atom stereocenters. The van der Waals surface area contributed by atoms with Gasteiger partial charge in [0, 0.05) is 29.0 Å². The van der Waals surface area contributed by atoms with Crippen molar-refractivity contribution >= 4 is 27.8 Å². The normalized spacial score (nSPS) is 12.3. The van der Waals surface area contributed by atoms with Crippen molar-refractivity contribution in [1.29, 1.82) is 0 Å². The number of aromatic amines is 1. The van der Waals surface area contributed by atoms with Crippen LogP contribution >= 0.6 is 0 Å². The van der Waals surface area contributed by atoms with E-state index in [1.54, 1.807) is 12.1 Å². The number of amides is 1. The van der Waals surface area contributed by atoms with E-state index < -0.39 is 6.04 Å². The predicted octanol–water partition coefficient (Wildman–Crippen LogP) is 5.11. The molecule has 34 heavy (non-hydrogen) atoms. The molecule has 2 aromatic heterocycles. The van der Waals surface area contributed by atoms with Crippen molar-refractivity contribution in [2.75, 3.05) is 6.54 Å². The van der Waals surface area contributed by atoms with Crippen molar-refractivity contribution < 1.29 is 13.6 Å². The molecule has 5 rings (SSSR count). The van der Waals surface area contributed by atoms with Gasteiger partial charge in [-0.1, -0.05) is 48.5 Å². The molecule has 0 saturated heterocycles. The summed E-state index contributed by atoms with van der Waals surface area (Å²) in [5.74, 6) is 0.439. The van der Waals surface area contributed by atoms with Crippen LogP contribution in [0.4, 0.5) is 4.39 Å². The highest BCUT2D eigenvalue weighted by Gasteiger charge is 2.20. The molecule has 5 aromatic rings. The van der Waals surface area contributed by atoms with Crippen molar-refractivity contribution in [1.82, 2.24) is 15.6 Å². The maximum Gasteiger partial charge on any atom is 0.237 e. The number of halogens is 1. The summed E-state index contributed by atoms with van der Waals surface area (Å²) in [4.78, 5) is 16.5. The molecule has 0 bridgehead atoms. The van der Waals surface area contributed by atoms with E-state index in [0.717, 1.165) is 38.8 Å². The summed E-state index contributed by atoms with van der Waals surface area (Å²) >= 11 is 0. The first-order valence-corrected chi connectivity index (χ1v) is 11.4. The Bertz CT molecular complexity index is 1370. The van der Waals surface area contributed by atoms with E-state index in [0.29, 0.717) is 25.9 Å². The Morgan fingerprint density at radius 3 is 2.65 bits per heavy atom. The lowest BCUT2D eigenvalue weighted by atomic mass is 10.0. The van der Waals surface area contributed by atoms with Gasteiger partial charge in [-0.3, -0.25) is 10.1 Å². The Hall–Kier alpha value is -3.90. The van der Waals surface area contributed by atoms with Gasteiger partial charge in [0.2, 0.25) is 5.91 Å². The fraction of sp³-hybridized carbons (Fsp3) is 0.179. The topological polar surface area (TPSA) is 70.1 Å². The van der Waals surface area contributed by atoms with E-state index in [9.17, 15) is 9.18 Å². The number of carbonyl (C=O) groups is 1. The molecule has 0 aliphatic carbocycles. The molecule has 3 N–H and O–H groups in total.